The number of aryl methyl sites for hydroxylation is 1. The molecule has 2 heterocycles. The number of halogens is 1. The van der Waals surface area contributed by atoms with Crippen LogP contribution in [-0.4, -0.2) is 14.7 Å². The molecule has 0 bridgehead atoms. The molecule has 0 unspecified atom stereocenters. The fourth-order valence-corrected chi connectivity index (χ4v) is 2.05. The van der Waals surface area contributed by atoms with E-state index in [-0.39, 0.29) is 5.56 Å². The Balaban J connectivity index is 2.20. The predicted octanol–water partition coefficient (Wildman–Crippen LogP) is 2.45. The maximum atomic E-state index is 13.4. The third-order valence-electron chi connectivity index (χ3n) is 3.17. The average molecular weight is 270 g/mol. The molecular formula is C15H11FN2O2. The number of pyridine rings is 2. The SMILES string of the molecule is Cn1ccc2nc(-c3ccc(O)c(F)c3)ccc2c1=O. The summed E-state index contributed by atoms with van der Waals surface area (Å²) in [6, 6.07) is 9.13. The van der Waals surface area contributed by atoms with Gasteiger partial charge in [-0.05, 0) is 36.4 Å². The largest absolute Gasteiger partial charge is 0.505 e. The first-order chi connectivity index (χ1) is 9.56. The Morgan fingerprint density at radius 3 is 2.75 bits per heavy atom. The van der Waals surface area contributed by atoms with Gasteiger partial charge in [-0.2, -0.15) is 0 Å². The van der Waals surface area contributed by atoms with Gasteiger partial charge in [-0.25, -0.2) is 9.37 Å². The minimum Gasteiger partial charge on any atom is -0.505 e. The van der Waals surface area contributed by atoms with Crippen LogP contribution < -0.4 is 5.56 Å². The van der Waals surface area contributed by atoms with Crippen molar-refractivity contribution in [3.63, 3.8) is 0 Å². The second kappa shape index (κ2) is 4.45. The van der Waals surface area contributed by atoms with E-state index in [0.717, 1.165) is 0 Å². The Hall–Kier alpha value is -2.69. The number of hydrogen-bond acceptors (Lipinski definition) is 3. The maximum Gasteiger partial charge on any atom is 0.259 e. The highest BCUT2D eigenvalue weighted by molar-refractivity contribution is 5.80. The highest BCUT2D eigenvalue weighted by atomic mass is 19.1. The molecule has 0 spiro atoms. The normalized spacial score (nSPS) is 10.9. The summed E-state index contributed by atoms with van der Waals surface area (Å²) < 4.78 is 14.8. The number of phenols is 1. The molecule has 0 aliphatic rings. The number of aromatic hydroxyl groups is 1. The molecule has 100 valence electrons. The first-order valence-electron chi connectivity index (χ1n) is 6.01. The first-order valence-corrected chi connectivity index (χ1v) is 6.01. The number of nitrogens with zero attached hydrogens (tertiary/aromatic N) is 2. The molecule has 2 aromatic heterocycles. The smallest absolute Gasteiger partial charge is 0.259 e. The molecular weight excluding hydrogens is 259 g/mol. The molecule has 0 atom stereocenters. The number of rotatable bonds is 1. The molecule has 0 aliphatic heterocycles. The van der Waals surface area contributed by atoms with E-state index in [0.29, 0.717) is 22.2 Å². The Morgan fingerprint density at radius 1 is 1.20 bits per heavy atom. The van der Waals surface area contributed by atoms with Gasteiger partial charge in [-0.15, -0.1) is 0 Å². The third kappa shape index (κ3) is 1.93. The Bertz CT molecular complexity index is 871. The summed E-state index contributed by atoms with van der Waals surface area (Å²) in [5, 5.41) is 9.70. The zero-order valence-corrected chi connectivity index (χ0v) is 10.7. The van der Waals surface area contributed by atoms with E-state index in [1.165, 1.54) is 16.7 Å². The number of aromatic nitrogens is 2. The highest BCUT2D eigenvalue weighted by Crippen LogP contribution is 2.24. The second-order valence-corrected chi connectivity index (χ2v) is 4.53. The molecule has 20 heavy (non-hydrogen) atoms. The van der Waals surface area contributed by atoms with Crippen molar-refractivity contribution in [3.8, 4) is 17.0 Å². The van der Waals surface area contributed by atoms with Crippen molar-refractivity contribution in [2.75, 3.05) is 0 Å². The molecule has 1 aromatic carbocycles. The van der Waals surface area contributed by atoms with Crippen LogP contribution in [-0.2, 0) is 7.05 Å². The lowest BCUT2D eigenvalue weighted by Gasteiger charge is -2.05. The third-order valence-corrected chi connectivity index (χ3v) is 3.17. The van der Waals surface area contributed by atoms with Crippen LogP contribution in [0.25, 0.3) is 22.2 Å². The Morgan fingerprint density at radius 2 is 2.00 bits per heavy atom. The van der Waals surface area contributed by atoms with Crippen molar-refractivity contribution < 1.29 is 9.50 Å². The average Bonchev–Trinajstić information content (AvgIpc) is 2.45. The van der Waals surface area contributed by atoms with Crippen LogP contribution in [0.3, 0.4) is 0 Å². The van der Waals surface area contributed by atoms with Gasteiger partial charge in [0, 0.05) is 18.8 Å². The molecule has 0 amide bonds. The summed E-state index contributed by atoms with van der Waals surface area (Å²) in [4.78, 5) is 16.3. The van der Waals surface area contributed by atoms with Crippen LogP contribution in [0.1, 0.15) is 0 Å². The summed E-state index contributed by atoms with van der Waals surface area (Å²) in [5.41, 5.74) is 1.52. The molecule has 3 rings (SSSR count). The lowest BCUT2D eigenvalue weighted by Crippen LogP contribution is -2.15. The van der Waals surface area contributed by atoms with Crippen LogP contribution in [0.5, 0.6) is 5.75 Å². The lowest BCUT2D eigenvalue weighted by molar-refractivity contribution is 0.432. The van der Waals surface area contributed by atoms with Gasteiger partial charge in [0.1, 0.15) is 0 Å². The molecule has 0 radical (unpaired) electrons. The zero-order chi connectivity index (χ0) is 14.3. The molecule has 0 saturated carbocycles. The van der Waals surface area contributed by atoms with Crippen LogP contribution in [0, 0.1) is 5.82 Å². The first kappa shape index (κ1) is 12.3. The number of benzene rings is 1. The quantitative estimate of drug-likeness (QED) is 0.739. The van der Waals surface area contributed by atoms with E-state index in [1.807, 2.05) is 0 Å². The van der Waals surface area contributed by atoms with Crippen LogP contribution in [0.2, 0.25) is 0 Å². The molecule has 1 N–H and O–H groups in total. The minimum atomic E-state index is -0.701. The number of fused-ring (bicyclic) bond motifs is 1. The highest BCUT2D eigenvalue weighted by Gasteiger charge is 2.07. The Kier molecular flexibility index (Phi) is 2.75. The summed E-state index contributed by atoms with van der Waals surface area (Å²) in [7, 11) is 1.67. The number of phenolic OH excluding ortho intramolecular Hbond substituents is 1. The summed E-state index contributed by atoms with van der Waals surface area (Å²) in [6.07, 6.45) is 1.64. The summed E-state index contributed by atoms with van der Waals surface area (Å²) in [6.45, 7) is 0. The van der Waals surface area contributed by atoms with Crippen molar-refractivity contribution in [3.05, 3.63) is 58.8 Å². The second-order valence-electron chi connectivity index (χ2n) is 4.53. The molecule has 3 aromatic rings. The minimum absolute atomic E-state index is 0.126. The van der Waals surface area contributed by atoms with Crippen molar-refractivity contribution >= 4 is 10.9 Å². The van der Waals surface area contributed by atoms with Gasteiger partial charge in [0.15, 0.2) is 11.6 Å². The molecule has 0 fully saturated rings. The summed E-state index contributed by atoms with van der Waals surface area (Å²) >= 11 is 0. The molecule has 0 saturated heterocycles. The van der Waals surface area contributed by atoms with Crippen molar-refractivity contribution in [2.45, 2.75) is 0 Å². The maximum absolute atomic E-state index is 13.4. The van der Waals surface area contributed by atoms with E-state index in [9.17, 15) is 14.3 Å². The van der Waals surface area contributed by atoms with Gasteiger partial charge in [0.05, 0.1) is 16.6 Å². The zero-order valence-electron chi connectivity index (χ0n) is 10.7. The van der Waals surface area contributed by atoms with Crippen LogP contribution >= 0.6 is 0 Å². The van der Waals surface area contributed by atoms with E-state index >= 15 is 0 Å². The topological polar surface area (TPSA) is 55.1 Å². The van der Waals surface area contributed by atoms with Crippen molar-refractivity contribution in [2.24, 2.45) is 7.05 Å². The summed E-state index contributed by atoms with van der Waals surface area (Å²) in [5.74, 6) is -1.10. The van der Waals surface area contributed by atoms with Gasteiger partial charge in [0.25, 0.3) is 5.56 Å². The fraction of sp³-hybridized carbons (Fsp3) is 0.0667. The van der Waals surface area contributed by atoms with E-state index in [2.05, 4.69) is 4.98 Å². The van der Waals surface area contributed by atoms with Crippen molar-refractivity contribution in [1.29, 1.82) is 0 Å². The monoisotopic (exact) mass is 270 g/mol. The number of hydrogen-bond donors (Lipinski definition) is 1. The van der Waals surface area contributed by atoms with Gasteiger partial charge in [0.2, 0.25) is 0 Å². The fourth-order valence-electron chi connectivity index (χ4n) is 2.05. The van der Waals surface area contributed by atoms with E-state index < -0.39 is 11.6 Å². The molecule has 5 heteroatoms. The van der Waals surface area contributed by atoms with Crippen molar-refractivity contribution in [1.82, 2.24) is 9.55 Å². The van der Waals surface area contributed by atoms with Gasteiger partial charge in [-0.3, -0.25) is 4.79 Å². The Labute approximate surface area is 113 Å². The van der Waals surface area contributed by atoms with Gasteiger partial charge in [-0.1, -0.05) is 0 Å². The lowest BCUT2D eigenvalue weighted by atomic mass is 10.1. The van der Waals surface area contributed by atoms with E-state index in [1.54, 1.807) is 37.5 Å². The molecule has 4 nitrogen and oxygen atoms in total. The standard InChI is InChI=1S/C15H11FN2O2/c1-18-7-6-13-10(15(18)20)3-4-12(17-13)9-2-5-14(19)11(16)8-9/h2-8,19H,1H3. The van der Waals surface area contributed by atoms with E-state index in [4.69, 9.17) is 0 Å². The van der Waals surface area contributed by atoms with Crippen LogP contribution in [0.4, 0.5) is 4.39 Å². The van der Waals surface area contributed by atoms with Gasteiger partial charge >= 0.3 is 0 Å². The van der Waals surface area contributed by atoms with Crippen LogP contribution in [0.15, 0.2) is 47.4 Å². The van der Waals surface area contributed by atoms with Gasteiger partial charge < -0.3 is 9.67 Å². The molecule has 0 aliphatic carbocycles. The predicted molar refractivity (Wildman–Crippen MR) is 74.0 cm³/mol.